The fraction of sp³-hybridized carbons (Fsp3) is 0.438. The molecule has 0 N–H and O–H groups in total. The van der Waals surface area contributed by atoms with E-state index in [2.05, 4.69) is 10.0 Å². The molecule has 2 saturated heterocycles. The molecule has 0 spiro atoms. The van der Waals surface area contributed by atoms with Gasteiger partial charge >= 0.3 is 0 Å². The molecule has 3 aromatic carbocycles. The minimum Gasteiger partial charge on any atom is -0.374 e. The number of nitrogens with zero attached hydrogens (tertiary/aromatic N) is 3. The van der Waals surface area contributed by atoms with Crippen molar-refractivity contribution in [2.24, 2.45) is 5.11 Å². The molecule has 2 aliphatic rings. The Bertz CT molecular complexity index is 1280. The summed E-state index contributed by atoms with van der Waals surface area (Å²) in [5, 5.41) is 4.09. The first-order valence-corrected chi connectivity index (χ1v) is 14.1. The molecule has 0 saturated carbocycles. The van der Waals surface area contributed by atoms with E-state index in [1.807, 2.05) is 105 Å². The Morgan fingerprint density at radius 3 is 1.88 bits per heavy atom. The molecule has 42 heavy (non-hydrogen) atoms. The lowest BCUT2D eigenvalue weighted by Crippen LogP contribution is -2.61. The molecule has 0 radical (unpaired) electrons. The molecule has 0 unspecified atom stereocenters. The van der Waals surface area contributed by atoms with E-state index in [4.69, 9.17) is 33.2 Å². The van der Waals surface area contributed by atoms with Crippen LogP contribution in [-0.2, 0) is 53.0 Å². The highest BCUT2D eigenvalue weighted by Gasteiger charge is 2.49. The van der Waals surface area contributed by atoms with Gasteiger partial charge in [0.2, 0.25) is 0 Å². The molecule has 2 fully saturated rings. The number of hydrogen-bond acceptors (Lipinski definition) is 8. The van der Waals surface area contributed by atoms with Crippen molar-refractivity contribution in [1.82, 2.24) is 0 Å². The highest BCUT2D eigenvalue weighted by Crippen LogP contribution is 2.33. The smallest absolute Gasteiger partial charge is 0.187 e. The van der Waals surface area contributed by atoms with Crippen LogP contribution >= 0.6 is 0 Å². The van der Waals surface area contributed by atoms with Gasteiger partial charge in [0.05, 0.1) is 26.4 Å². The largest absolute Gasteiger partial charge is 0.374 e. The van der Waals surface area contributed by atoms with E-state index < -0.39 is 42.7 Å². The van der Waals surface area contributed by atoms with E-state index in [-0.39, 0.29) is 19.8 Å². The Morgan fingerprint density at radius 2 is 1.36 bits per heavy atom. The van der Waals surface area contributed by atoms with E-state index in [1.165, 1.54) is 0 Å². The molecule has 3 aromatic rings. The number of benzene rings is 3. The summed E-state index contributed by atoms with van der Waals surface area (Å²) in [5.74, 6) is -0.809. The first kappa shape index (κ1) is 30.2. The van der Waals surface area contributed by atoms with Gasteiger partial charge < -0.3 is 33.2 Å². The summed E-state index contributed by atoms with van der Waals surface area (Å²) in [4.78, 5) is 3.12. The molecule has 0 aliphatic carbocycles. The molecule has 10 heteroatoms. The van der Waals surface area contributed by atoms with Gasteiger partial charge in [-0.25, -0.2) is 0 Å². The molecule has 10 nitrogen and oxygen atoms in total. The van der Waals surface area contributed by atoms with Gasteiger partial charge in [-0.15, -0.1) is 0 Å². The molecular formula is C32H37N3O7. The number of rotatable bonds is 13. The average Bonchev–Trinajstić information content (AvgIpc) is 3.36. The van der Waals surface area contributed by atoms with Crippen molar-refractivity contribution in [2.45, 2.75) is 76.4 Å². The predicted molar refractivity (Wildman–Crippen MR) is 154 cm³/mol. The minimum absolute atomic E-state index is 0.190. The quantitative estimate of drug-likeness (QED) is 0.142. The maximum Gasteiger partial charge on any atom is 0.187 e. The van der Waals surface area contributed by atoms with Crippen LogP contribution in [0.1, 0.15) is 30.5 Å². The van der Waals surface area contributed by atoms with Crippen molar-refractivity contribution < 1.29 is 33.2 Å². The SMILES string of the molecule is CC1(C)OC[C@H](O[C@H]2O[C@H](COCc3ccccc3)[C@@H](OCc3ccccc3)[C@H](OCc3ccccc3)[C@H]2N=[N+]=[N-])O1. The zero-order valence-electron chi connectivity index (χ0n) is 23.9. The summed E-state index contributed by atoms with van der Waals surface area (Å²) in [6.45, 7) is 4.97. The molecular weight excluding hydrogens is 538 g/mol. The Balaban J connectivity index is 1.41. The number of ether oxygens (including phenoxy) is 7. The second-order valence-corrected chi connectivity index (χ2v) is 10.7. The number of hydrogen-bond donors (Lipinski definition) is 0. The third-order valence-corrected chi connectivity index (χ3v) is 7.03. The lowest BCUT2D eigenvalue weighted by atomic mass is 9.96. The second-order valence-electron chi connectivity index (χ2n) is 10.7. The van der Waals surface area contributed by atoms with Crippen molar-refractivity contribution in [1.29, 1.82) is 0 Å². The van der Waals surface area contributed by atoms with Crippen LogP contribution in [0.5, 0.6) is 0 Å². The van der Waals surface area contributed by atoms with Crippen LogP contribution in [-0.4, -0.2) is 55.9 Å². The van der Waals surface area contributed by atoms with E-state index in [9.17, 15) is 5.53 Å². The Labute approximate surface area is 246 Å². The van der Waals surface area contributed by atoms with Gasteiger partial charge in [0.15, 0.2) is 18.4 Å². The highest BCUT2D eigenvalue weighted by atomic mass is 16.8. The van der Waals surface area contributed by atoms with Gasteiger partial charge in [-0.1, -0.05) is 96.1 Å². The molecule has 222 valence electrons. The fourth-order valence-corrected chi connectivity index (χ4v) is 4.98. The van der Waals surface area contributed by atoms with Crippen molar-refractivity contribution in [3.63, 3.8) is 0 Å². The molecule has 0 aromatic heterocycles. The van der Waals surface area contributed by atoms with Crippen LogP contribution in [0.3, 0.4) is 0 Å². The molecule has 2 heterocycles. The summed E-state index contributed by atoms with van der Waals surface area (Å²) in [6, 6.07) is 28.6. The summed E-state index contributed by atoms with van der Waals surface area (Å²) < 4.78 is 43.3. The molecule has 6 atom stereocenters. The summed E-state index contributed by atoms with van der Waals surface area (Å²) in [5.41, 5.74) is 12.6. The van der Waals surface area contributed by atoms with Gasteiger partial charge in [0, 0.05) is 4.91 Å². The first-order chi connectivity index (χ1) is 20.5. The van der Waals surface area contributed by atoms with Gasteiger partial charge in [-0.3, -0.25) is 0 Å². The maximum absolute atomic E-state index is 9.58. The standard InChI is InChI=1S/C32H37N3O7/c1-32(2)39-22-27(42-32)41-31-28(34-35-33)30(38-20-25-16-10-5-11-17-25)29(37-19-24-14-8-4-9-15-24)26(40-31)21-36-18-23-12-6-3-7-13-23/h3-17,26-31H,18-22H2,1-2H3/t26-,27-,28-,29-,30-,31-/m1/s1. The van der Waals surface area contributed by atoms with E-state index >= 15 is 0 Å². The van der Waals surface area contributed by atoms with Crippen LogP contribution < -0.4 is 0 Å². The Morgan fingerprint density at radius 1 is 0.810 bits per heavy atom. The summed E-state index contributed by atoms with van der Waals surface area (Å²) in [6.07, 6.45) is -3.68. The fourth-order valence-electron chi connectivity index (χ4n) is 4.98. The van der Waals surface area contributed by atoms with Crippen molar-refractivity contribution in [3.8, 4) is 0 Å². The highest BCUT2D eigenvalue weighted by molar-refractivity contribution is 5.15. The van der Waals surface area contributed by atoms with Crippen LogP contribution in [0.15, 0.2) is 96.1 Å². The second kappa shape index (κ2) is 14.7. The van der Waals surface area contributed by atoms with Gasteiger partial charge in [0.1, 0.15) is 31.0 Å². The Kier molecular flexibility index (Phi) is 10.6. The molecule has 2 aliphatic heterocycles. The van der Waals surface area contributed by atoms with Crippen LogP contribution in [0, 0.1) is 0 Å². The van der Waals surface area contributed by atoms with E-state index in [0.717, 1.165) is 16.7 Å². The van der Waals surface area contributed by atoms with E-state index in [1.54, 1.807) is 0 Å². The van der Waals surface area contributed by atoms with Gasteiger partial charge in [0.25, 0.3) is 0 Å². The molecule has 0 bridgehead atoms. The maximum atomic E-state index is 9.58. The van der Waals surface area contributed by atoms with Crippen molar-refractivity contribution >= 4 is 0 Å². The lowest BCUT2D eigenvalue weighted by molar-refractivity contribution is -0.321. The zero-order chi connectivity index (χ0) is 29.2. The topological polar surface area (TPSA) is 113 Å². The van der Waals surface area contributed by atoms with Crippen LogP contribution in [0.25, 0.3) is 10.4 Å². The number of azide groups is 1. The average molecular weight is 576 g/mol. The van der Waals surface area contributed by atoms with Gasteiger partial charge in [-0.2, -0.15) is 0 Å². The lowest BCUT2D eigenvalue weighted by Gasteiger charge is -2.45. The Hall–Kier alpha value is -3.31. The molecule has 5 rings (SSSR count). The predicted octanol–water partition coefficient (Wildman–Crippen LogP) is 5.90. The summed E-state index contributed by atoms with van der Waals surface area (Å²) in [7, 11) is 0. The third-order valence-electron chi connectivity index (χ3n) is 7.03. The first-order valence-electron chi connectivity index (χ1n) is 14.1. The summed E-state index contributed by atoms with van der Waals surface area (Å²) >= 11 is 0. The zero-order valence-corrected chi connectivity index (χ0v) is 23.9. The normalized spacial score (nSPS) is 26.9. The van der Waals surface area contributed by atoms with Crippen molar-refractivity contribution in [3.05, 3.63) is 118 Å². The van der Waals surface area contributed by atoms with Crippen LogP contribution in [0.4, 0.5) is 0 Å². The van der Waals surface area contributed by atoms with Crippen LogP contribution in [0.2, 0.25) is 0 Å². The van der Waals surface area contributed by atoms with Crippen molar-refractivity contribution in [2.75, 3.05) is 13.2 Å². The van der Waals surface area contributed by atoms with E-state index in [0.29, 0.717) is 13.2 Å². The van der Waals surface area contributed by atoms with Gasteiger partial charge in [-0.05, 0) is 36.1 Å². The third kappa shape index (κ3) is 8.38. The minimum atomic E-state index is -0.994. The monoisotopic (exact) mass is 575 g/mol. The molecule has 0 amide bonds.